The van der Waals surface area contributed by atoms with Crippen molar-refractivity contribution in [1.82, 2.24) is 9.55 Å². The molecule has 2 aromatic heterocycles. The van der Waals surface area contributed by atoms with Gasteiger partial charge in [-0.15, -0.1) is 11.3 Å². The predicted octanol–water partition coefficient (Wildman–Crippen LogP) is 4.72. The molecule has 0 bridgehead atoms. The second kappa shape index (κ2) is 7.58. The number of thiophene rings is 1. The van der Waals surface area contributed by atoms with E-state index in [9.17, 15) is 13.0 Å². The summed E-state index contributed by atoms with van der Waals surface area (Å²) in [4.78, 5) is 5.20. The van der Waals surface area contributed by atoms with Crippen LogP contribution in [0.3, 0.4) is 0 Å². The third kappa shape index (κ3) is 4.48. The largest absolute Gasteiger partial charge is 0.331 e. The molecule has 0 saturated heterocycles. The van der Waals surface area contributed by atoms with E-state index in [1.165, 1.54) is 0 Å². The highest BCUT2D eigenvalue weighted by molar-refractivity contribution is 7.88. The molecule has 27 heavy (non-hydrogen) atoms. The van der Waals surface area contributed by atoms with Crippen molar-refractivity contribution in [2.75, 3.05) is 0 Å². The van der Waals surface area contributed by atoms with Gasteiger partial charge in [0.1, 0.15) is 5.82 Å². The van der Waals surface area contributed by atoms with Gasteiger partial charge in [0.15, 0.2) is 4.21 Å². The molecule has 3 aromatic rings. The molecule has 0 amide bonds. The molecule has 1 aromatic carbocycles. The highest BCUT2D eigenvalue weighted by Crippen LogP contribution is 2.37. The summed E-state index contributed by atoms with van der Waals surface area (Å²) in [5.74, 6) is 1.36. The zero-order valence-corrected chi connectivity index (χ0v) is 17.6. The molecule has 3 rings (SSSR count). The van der Waals surface area contributed by atoms with Gasteiger partial charge in [0, 0.05) is 29.4 Å². The number of rotatable bonds is 6. The summed E-state index contributed by atoms with van der Waals surface area (Å²) < 4.78 is 35.5. The molecule has 0 spiro atoms. The second-order valence-electron chi connectivity index (χ2n) is 7.23. The third-order valence-corrected chi connectivity index (χ3v) is 7.03. The van der Waals surface area contributed by atoms with Gasteiger partial charge in [-0.2, -0.15) is 8.42 Å². The predicted molar refractivity (Wildman–Crippen MR) is 109 cm³/mol. The van der Waals surface area contributed by atoms with Gasteiger partial charge in [0.25, 0.3) is 0 Å². The van der Waals surface area contributed by atoms with Crippen LogP contribution < -0.4 is 0 Å². The molecule has 0 fully saturated rings. The van der Waals surface area contributed by atoms with Crippen LogP contribution in [0.2, 0.25) is 0 Å². The summed E-state index contributed by atoms with van der Waals surface area (Å²) >= 11 is 1.16. The minimum absolute atomic E-state index is 0.0238. The van der Waals surface area contributed by atoms with Crippen molar-refractivity contribution in [3.05, 3.63) is 58.5 Å². The fraction of sp³-hybridized carbons (Fsp3) is 0.350. The fourth-order valence-electron chi connectivity index (χ4n) is 3.11. The van der Waals surface area contributed by atoms with Crippen molar-refractivity contribution in [2.45, 2.75) is 44.9 Å². The van der Waals surface area contributed by atoms with Crippen LogP contribution in [0.5, 0.6) is 0 Å². The number of hydrogen-bond donors (Lipinski definition) is 1. The normalized spacial score (nSPS) is 12.1. The Kier molecular flexibility index (Phi) is 5.55. The molecular formula is C20H24N2O3S2. The van der Waals surface area contributed by atoms with E-state index in [1.807, 2.05) is 44.3 Å². The van der Waals surface area contributed by atoms with E-state index in [-0.39, 0.29) is 4.21 Å². The quantitative estimate of drug-likeness (QED) is 0.603. The molecule has 0 atom stereocenters. The molecule has 1 N–H and O–H groups in total. The Morgan fingerprint density at radius 1 is 1.22 bits per heavy atom. The highest BCUT2D eigenvalue weighted by atomic mass is 32.3. The zero-order chi connectivity index (χ0) is 19.8. The molecule has 0 aliphatic rings. The van der Waals surface area contributed by atoms with E-state index in [1.54, 1.807) is 6.20 Å². The third-order valence-electron chi connectivity index (χ3n) is 4.51. The number of aryl methyl sites for hydroxylation is 2. The lowest BCUT2D eigenvalue weighted by atomic mass is 10.0. The molecule has 7 heteroatoms. The molecule has 0 aliphatic heterocycles. The first-order chi connectivity index (χ1) is 12.6. The van der Waals surface area contributed by atoms with Crippen LogP contribution in [0.1, 0.15) is 35.7 Å². The van der Waals surface area contributed by atoms with Crippen LogP contribution in [-0.4, -0.2) is 22.5 Å². The van der Waals surface area contributed by atoms with E-state index in [0.717, 1.165) is 45.1 Å². The fourth-order valence-corrected chi connectivity index (χ4v) is 5.43. The van der Waals surface area contributed by atoms with E-state index in [2.05, 4.69) is 23.4 Å². The SMILES string of the molecule is Cc1cc(-c2cc(CC(C)C)sc2S(=O)(=O)O)ccc1Cn1ccnc1C. The van der Waals surface area contributed by atoms with E-state index in [0.29, 0.717) is 18.0 Å². The summed E-state index contributed by atoms with van der Waals surface area (Å²) in [7, 11) is -4.26. The first kappa shape index (κ1) is 19.8. The summed E-state index contributed by atoms with van der Waals surface area (Å²) in [6, 6.07) is 7.81. The van der Waals surface area contributed by atoms with E-state index < -0.39 is 10.1 Å². The van der Waals surface area contributed by atoms with E-state index >= 15 is 0 Å². The van der Waals surface area contributed by atoms with Gasteiger partial charge in [0.2, 0.25) is 0 Å². The average molecular weight is 405 g/mol. The van der Waals surface area contributed by atoms with Gasteiger partial charge in [-0.25, -0.2) is 4.98 Å². The number of hydrogen-bond acceptors (Lipinski definition) is 4. The Balaban J connectivity index is 2.00. The average Bonchev–Trinajstić information content (AvgIpc) is 3.15. The van der Waals surface area contributed by atoms with Crippen LogP contribution in [0.25, 0.3) is 11.1 Å². The number of nitrogens with zero attached hydrogens (tertiary/aromatic N) is 2. The molecule has 144 valence electrons. The monoisotopic (exact) mass is 404 g/mol. The topological polar surface area (TPSA) is 72.2 Å². The molecular weight excluding hydrogens is 380 g/mol. The first-order valence-corrected chi connectivity index (χ1v) is 11.1. The van der Waals surface area contributed by atoms with Crippen LogP contribution in [0.4, 0.5) is 0 Å². The molecule has 2 heterocycles. The summed E-state index contributed by atoms with van der Waals surface area (Å²) in [6.45, 7) is 8.86. The maximum absolute atomic E-state index is 11.9. The lowest BCUT2D eigenvalue weighted by Crippen LogP contribution is -2.03. The summed E-state index contributed by atoms with van der Waals surface area (Å²) in [6.07, 6.45) is 4.50. The number of benzene rings is 1. The van der Waals surface area contributed by atoms with E-state index in [4.69, 9.17) is 0 Å². The lowest BCUT2D eigenvalue weighted by molar-refractivity contribution is 0.486. The maximum atomic E-state index is 11.9. The lowest BCUT2D eigenvalue weighted by Gasteiger charge is -2.11. The molecule has 0 radical (unpaired) electrons. The van der Waals surface area contributed by atoms with Gasteiger partial charge in [0.05, 0.1) is 0 Å². The van der Waals surface area contributed by atoms with Crippen LogP contribution in [-0.2, 0) is 23.1 Å². The van der Waals surface area contributed by atoms with Gasteiger partial charge >= 0.3 is 10.1 Å². The van der Waals surface area contributed by atoms with Gasteiger partial charge in [-0.3, -0.25) is 4.55 Å². The maximum Gasteiger partial charge on any atom is 0.304 e. The van der Waals surface area contributed by atoms with Crippen LogP contribution in [0.15, 0.2) is 40.9 Å². The van der Waals surface area contributed by atoms with Crippen molar-refractivity contribution in [3.63, 3.8) is 0 Å². The van der Waals surface area contributed by atoms with Crippen molar-refractivity contribution in [3.8, 4) is 11.1 Å². The van der Waals surface area contributed by atoms with Gasteiger partial charge in [-0.05, 0) is 48.9 Å². The Bertz CT molecular complexity index is 1060. The minimum atomic E-state index is -4.26. The Labute approximate surface area is 164 Å². The molecule has 0 unspecified atom stereocenters. The number of imidazole rings is 1. The molecule has 0 aliphatic carbocycles. The van der Waals surface area contributed by atoms with Gasteiger partial charge in [-0.1, -0.05) is 32.0 Å². The van der Waals surface area contributed by atoms with Crippen molar-refractivity contribution in [1.29, 1.82) is 0 Å². The second-order valence-corrected chi connectivity index (χ2v) is 9.98. The molecule has 0 saturated carbocycles. The van der Waals surface area contributed by atoms with Crippen molar-refractivity contribution < 1.29 is 13.0 Å². The first-order valence-electron chi connectivity index (χ1n) is 8.83. The standard InChI is InChI=1S/C20H24N2O3S2/c1-13(2)9-18-11-19(20(26-18)27(23,24)25)16-5-6-17(14(3)10-16)12-22-8-7-21-15(22)4/h5-8,10-11,13H,9,12H2,1-4H3,(H,23,24,25). The number of aromatic nitrogens is 2. The highest BCUT2D eigenvalue weighted by Gasteiger charge is 2.22. The summed E-state index contributed by atoms with van der Waals surface area (Å²) in [5.41, 5.74) is 3.59. The minimum Gasteiger partial charge on any atom is -0.331 e. The summed E-state index contributed by atoms with van der Waals surface area (Å²) in [5, 5.41) is 0. The van der Waals surface area contributed by atoms with Crippen LogP contribution >= 0.6 is 11.3 Å². The zero-order valence-electron chi connectivity index (χ0n) is 15.9. The van der Waals surface area contributed by atoms with Crippen LogP contribution in [0, 0.1) is 19.8 Å². The Hall–Kier alpha value is -1.96. The van der Waals surface area contributed by atoms with Gasteiger partial charge < -0.3 is 4.57 Å². The molecule has 5 nitrogen and oxygen atoms in total. The Morgan fingerprint density at radius 2 is 1.96 bits per heavy atom. The smallest absolute Gasteiger partial charge is 0.304 e. The van der Waals surface area contributed by atoms with Crippen molar-refractivity contribution in [2.24, 2.45) is 5.92 Å². The Morgan fingerprint density at radius 3 is 2.52 bits per heavy atom. The van der Waals surface area contributed by atoms with Crippen molar-refractivity contribution >= 4 is 21.5 Å².